The number of alkyl halides is 1. The summed E-state index contributed by atoms with van der Waals surface area (Å²) in [5, 5.41) is 1.73. The molecule has 0 aliphatic carbocycles. The Balaban J connectivity index is 1.96. The lowest BCUT2D eigenvalue weighted by molar-refractivity contribution is 0.386. The van der Waals surface area contributed by atoms with Crippen LogP contribution in [0, 0.1) is 5.82 Å². The third-order valence-corrected chi connectivity index (χ3v) is 5.65. The van der Waals surface area contributed by atoms with Crippen molar-refractivity contribution in [1.82, 2.24) is 0 Å². The molecule has 1 atom stereocenters. The van der Waals surface area contributed by atoms with Crippen LogP contribution in [0.25, 0.3) is 9.40 Å². The first-order valence-corrected chi connectivity index (χ1v) is 7.76. The molecule has 0 N–H and O–H groups in total. The first-order valence-electron chi connectivity index (χ1n) is 5.63. The van der Waals surface area contributed by atoms with E-state index in [-0.39, 0.29) is 16.9 Å². The Bertz CT molecular complexity index is 691. The van der Waals surface area contributed by atoms with E-state index >= 15 is 0 Å². The smallest absolute Gasteiger partial charge is 0.165 e. The quantitative estimate of drug-likeness (QED) is 0.585. The van der Waals surface area contributed by atoms with Gasteiger partial charge in [0.05, 0.1) is 12.5 Å². The van der Waals surface area contributed by atoms with Crippen LogP contribution in [0.5, 0.6) is 5.75 Å². The first-order chi connectivity index (χ1) is 9.19. The molecule has 0 amide bonds. The van der Waals surface area contributed by atoms with Crippen molar-refractivity contribution >= 4 is 43.7 Å². The molecule has 0 radical (unpaired) electrons. The number of hydrogen-bond acceptors (Lipinski definition) is 3. The zero-order chi connectivity index (χ0) is 13.4. The fraction of sp³-hybridized carbons (Fsp3) is 0.143. The molecule has 0 saturated heterocycles. The predicted molar refractivity (Wildman–Crippen MR) is 80.4 cm³/mol. The highest BCUT2D eigenvalue weighted by Crippen LogP contribution is 2.39. The Morgan fingerprint density at radius 2 is 2.05 bits per heavy atom. The van der Waals surface area contributed by atoms with Gasteiger partial charge >= 0.3 is 0 Å². The maximum absolute atomic E-state index is 13.7. The maximum atomic E-state index is 13.7. The molecule has 98 valence electrons. The van der Waals surface area contributed by atoms with Crippen molar-refractivity contribution in [3.8, 4) is 5.75 Å². The second-order valence-electron chi connectivity index (χ2n) is 4.05. The van der Waals surface area contributed by atoms with Gasteiger partial charge in [0, 0.05) is 14.3 Å². The lowest BCUT2D eigenvalue weighted by Gasteiger charge is -2.09. The van der Waals surface area contributed by atoms with E-state index in [4.69, 9.17) is 16.3 Å². The molecule has 2 aromatic heterocycles. The van der Waals surface area contributed by atoms with Crippen LogP contribution in [0.2, 0.25) is 0 Å². The number of methoxy groups -OCH3 is 1. The van der Waals surface area contributed by atoms with Gasteiger partial charge in [0.25, 0.3) is 0 Å². The van der Waals surface area contributed by atoms with Crippen molar-refractivity contribution in [2.75, 3.05) is 7.11 Å². The molecular weight excluding hydrogens is 303 g/mol. The molecule has 1 aromatic carbocycles. The first kappa shape index (κ1) is 12.9. The van der Waals surface area contributed by atoms with Crippen molar-refractivity contribution in [2.45, 2.75) is 5.38 Å². The highest BCUT2D eigenvalue weighted by molar-refractivity contribution is 7.27. The van der Waals surface area contributed by atoms with E-state index in [0.717, 1.165) is 10.4 Å². The number of rotatable bonds is 3. The molecular formula is C14H10ClFOS2. The van der Waals surface area contributed by atoms with Crippen LogP contribution in [0.4, 0.5) is 4.39 Å². The lowest BCUT2D eigenvalue weighted by Crippen LogP contribution is -1.94. The summed E-state index contributed by atoms with van der Waals surface area (Å²) in [4.78, 5) is 1.04. The summed E-state index contributed by atoms with van der Waals surface area (Å²) in [5.41, 5.74) is 0.744. The number of hydrogen-bond donors (Lipinski definition) is 0. The minimum atomic E-state index is -0.385. The topological polar surface area (TPSA) is 9.23 Å². The Hall–Kier alpha value is -1.10. The summed E-state index contributed by atoms with van der Waals surface area (Å²) in [7, 11) is 1.45. The fourth-order valence-electron chi connectivity index (χ4n) is 1.91. The fourth-order valence-corrected chi connectivity index (χ4v) is 4.37. The van der Waals surface area contributed by atoms with Crippen LogP contribution >= 0.6 is 34.3 Å². The van der Waals surface area contributed by atoms with Crippen molar-refractivity contribution in [3.63, 3.8) is 0 Å². The van der Waals surface area contributed by atoms with Crippen LogP contribution in [-0.4, -0.2) is 7.11 Å². The predicted octanol–water partition coefficient (Wildman–Crippen LogP) is 5.44. The van der Waals surface area contributed by atoms with E-state index in [9.17, 15) is 4.39 Å². The second-order valence-corrected chi connectivity index (χ2v) is 6.55. The van der Waals surface area contributed by atoms with Gasteiger partial charge in [-0.1, -0.05) is 6.07 Å². The summed E-state index contributed by atoms with van der Waals surface area (Å²) in [6.07, 6.45) is 0. The number of thiophene rings is 2. The molecule has 0 saturated carbocycles. The highest BCUT2D eigenvalue weighted by Gasteiger charge is 2.16. The average Bonchev–Trinajstić information content (AvgIpc) is 2.98. The van der Waals surface area contributed by atoms with Crippen LogP contribution in [0.1, 0.15) is 15.8 Å². The number of benzene rings is 1. The summed E-state index contributed by atoms with van der Waals surface area (Å²) < 4.78 is 21.0. The molecule has 3 rings (SSSR count). The third-order valence-electron chi connectivity index (χ3n) is 2.88. The maximum Gasteiger partial charge on any atom is 0.165 e. The van der Waals surface area contributed by atoms with E-state index in [1.54, 1.807) is 34.8 Å². The van der Waals surface area contributed by atoms with Crippen LogP contribution in [0.15, 0.2) is 35.7 Å². The zero-order valence-corrected chi connectivity index (χ0v) is 12.4. The van der Waals surface area contributed by atoms with Crippen LogP contribution in [0.3, 0.4) is 0 Å². The summed E-state index contributed by atoms with van der Waals surface area (Å²) >= 11 is 9.77. The molecule has 2 heterocycles. The number of ether oxygens (including phenoxy) is 1. The van der Waals surface area contributed by atoms with E-state index in [1.165, 1.54) is 22.6 Å². The van der Waals surface area contributed by atoms with Crippen molar-refractivity contribution in [3.05, 3.63) is 52.0 Å². The van der Waals surface area contributed by atoms with Gasteiger partial charge in [-0.15, -0.1) is 34.3 Å². The third kappa shape index (κ3) is 2.36. The molecule has 1 unspecified atom stereocenters. The molecule has 0 fully saturated rings. The molecule has 0 aliphatic heterocycles. The molecule has 1 nitrogen and oxygen atoms in total. The van der Waals surface area contributed by atoms with E-state index in [1.807, 2.05) is 0 Å². The van der Waals surface area contributed by atoms with E-state index < -0.39 is 0 Å². The molecule has 0 bridgehead atoms. The Labute approximate surface area is 123 Å². The lowest BCUT2D eigenvalue weighted by atomic mass is 10.1. The van der Waals surface area contributed by atoms with Crippen molar-refractivity contribution < 1.29 is 9.13 Å². The minimum absolute atomic E-state index is 0.236. The van der Waals surface area contributed by atoms with Crippen molar-refractivity contribution in [1.29, 1.82) is 0 Å². The van der Waals surface area contributed by atoms with Gasteiger partial charge in [-0.2, -0.15) is 0 Å². The summed E-state index contributed by atoms with van der Waals surface area (Å²) in [6, 6.07) is 8.99. The van der Waals surface area contributed by atoms with Crippen LogP contribution < -0.4 is 4.74 Å². The normalized spacial score (nSPS) is 12.8. The number of fused-ring (bicyclic) bond motifs is 1. The second kappa shape index (κ2) is 5.12. The molecule has 0 spiro atoms. The number of halogens is 2. The average molecular weight is 313 g/mol. The minimum Gasteiger partial charge on any atom is -0.494 e. The Morgan fingerprint density at radius 1 is 1.21 bits per heavy atom. The van der Waals surface area contributed by atoms with Crippen LogP contribution in [-0.2, 0) is 0 Å². The van der Waals surface area contributed by atoms with Gasteiger partial charge in [-0.25, -0.2) is 4.39 Å². The monoisotopic (exact) mass is 312 g/mol. The van der Waals surface area contributed by atoms with E-state index in [0.29, 0.717) is 0 Å². The Kier molecular flexibility index (Phi) is 3.48. The molecule has 3 aromatic rings. The Morgan fingerprint density at radius 3 is 2.74 bits per heavy atom. The largest absolute Gasteiger partial charge is 0.494 e. The van der Waals surface area contributed by atoms with Gasteiger partial charge in [-0.3, -0.25) is 0 Å². The zero-order valence-electron chi connectivity index (χ0n) is 10.0. The van der Waals surface area contributed by atoms with Gasteiger partial charge < -0.3 is 4.74 Å². The summed E-state index contributed by atoms with van der Waals surface area (Å²) in [6.45, 7) is 0. The molecule has 19 heavy (non-hydrogen) atoms. The van der Waals surface area contributed by atoms with Crippen molar-refractivity contribution in [2.24, 2.45) is 0 Å². The SMILES string of the molecule is COc1ccc(C(Cl)c2cc3sccc3s2)cc1F. The van der Waals surface area contributed by atoms with Gasteiger partial charge in [0.15, 0.2) is 11.6 Å². The summed E-state index contributed by atoms with van der Waals surface area (Å²) in [5.74, 6) is -0.149. The van der Waals surface area contributed by atoms with Gasteiger partial charge in [-0.05, 0) is 35.2 Å². The highest BCUT2D eigenvalue weighted by atomic mass is 35.5. The standard InChI is InChI=1S/C14H10ClFOS2/c1-17-10-3-2-8(6-9(10)16)14(15)13-7-12-11(19-13)4-5-18-12/h2-7,14H,1H3. The van der Waals surface area contributed by atoms with Gasteiger partial charge in [0.2, 0.25) is 0 Å². The van der Waals surface area contributed by atoms with E-state index in [2.05, 4.69) is 17.5 Å². The molecule has 0 aliphatic rings. The van der Waals surface area contributed by atoms with Gasteiger partial charge in [0.1, 0.15) is 0 Å². The molecule has 5 heteroatoms.